The fourth-order valence-corrected chi connectivity index (χ4v) is 1.06. The molecule has 73 valence electrons. The summed E-state index contributed by atoms with van der Waals surface area (Å²) in [7, 11) is 0. The summed E-state index contributed by atoms with van der Waals surface area (Å²) in [6, 6.07) is 7.51. The van der Waals surface area contributed by atoms with Gasteiger partial charge in [0.15, 0.2) is 5.96 Å². The predicted octanol–water partition coefficient (Wildman–Crippen LogP) is 0.322. The number of benzene rings is 1. The van der Waals surface area contributed by atoms with Crippen molar-refractivity contribution in [2.45, 2.75) is 13.0 Å². The van der Waals surface area contributed by atoms with E-state index < -0.39 is 0 Å². The molecule has 0 fully saturated rings. The highest BCUT2D eigenvalue weighted by Gasteiger charge is 1.94. The average molecular weight is 190 g/mol. The quantitative estimate of drug-likeness (QED) is 0.472. The van der Waals surface area contributed by atoms with Crippen molar-refractivity contribution in [2.24, 2.45) is 5.73 Å². The Kier molecular flexibility index (Phi) is 3.67. The van der Waals surface area contributed by atoms with Crippen LogP contribution in [0.15, 0.2) is 24.3 Å². The first-order valence-electron chi connectivity index (χ1n) is 4.23. The Labute approximate surface area is 82.6 Å². The third-order valence-electron chi connectivity index (χ3n) is 1.78. The molecule has 0 bridgehead atoms. The van der Waals surface area contributed by atoms with Crippen LogP contribution in [0.25, 0.3) is 0 Å². The SMILES string of the molecule is N=C(N)NCc1ccc(C[C]=O)cc1. The fourth-order valence-electron chi connectivity index (χ4n) is 1.06. The van der Waals surface area contributed by atoms with Crippen molar-refractivity contribution in [3.8, 4) is 0 Å². The van der Waals surface area contributed by atoms with E-state index in [-0.39, 0.29) is 5.96 Å². The predicted molar refractivity (Wildman–Crippen MR) is 54.6 cm³/mol. The summed E-state index contributed by atoms with van der Waals surface area (Å²) in [6.07, 6.45) is 2.15. The molecule has 0 amide bonds. The molecular weight excluding hydrogens is 178 g/mol. The average Bonchev–Trinajstić information content (AvgIpc) is 2.17. The van der Waals surface area contributed by atoms with E-state index in [4.69, 9.17) is 11.1 Å². The summed E-state index contributed by atoms with van der Waals surface area (Å²) in [5, 5.41) is 9.66. The van der Waals surface area contributed by atoms with Gasteiger partial charge in [-0.3, -0.25) is 10.2 Å². The van der Waals surface area contributed by atoms with Crippen molar-refractivity contribution in [3.05, 3.63) is 35.4 Å². The molecular formula is C10H12N3O. The molecule has 0 aliphatic heterocycles. The lowest BCUT2D eigenvalue weighted by atomic mass is 10.1. The van der Waals surface area contributed by atoms with Crippen molar-refractivity contribution in [3.63, 3.8) is 0 Å². The second-order valence-electron chi connectivity index (χ2n) is 2.90. The minimum Gasteiger partial charge on any atom is -0.370 e. The summed E-state index contributed by atoms with van der Waals surface area (Å²) < 4.78 is 0. The highest BCUT2D eigenvalue weighted by atomic mass is 16.1. The van der Waals surface area contributed by atoms with Gasteiger partial charge in [-0.15, -0.1) is 0 Å². The smallest absolute Gasteiger partial charge is 0.203 e. The van der Waals surface area contributed by atoms with E-state index in [0.717, 1.165) is 11.1 Å². The first-order valence-corrected chi connectivity index (χ1v) is 4.23. The van der Waals surface area contributed by atoms with Crippen LogP contribution < -0.4 is 11.1 Å². The number of nitrogens with two attached hydrogens (primary N) is 1. The summed E-state index contributed by atoms with van der Waals surface area (Å²) in [4.78, 5) is 10.1. The molecule has 0 aliphatic rings. The van der Waals surface area contributed by atoms with Gasteiger partial charge in [-0.05, 0) is 11.1 Å². The summed E-state index contributed by atoms with van der Waals surface area (Å²) >= 11 is 0. The first kappa shape index (κ1) is 10.2. The van der Waals surface area contributed by atoms with Crippen LogP contribution in [0.5, 0.6) is 0 Å². The standard InChI is InChI=1S/C10H12N3O/c11-10(12)13-7-9-3-1-8(2-4-9)5-6-14/h1-4H,5,7H2,(H4,11,12,13). The van der Waals surface area contributed by atoms with Crippen LogP contribution in [0.4, 0.5) is 0 Å². The van der Waals surface area contributed by atoms with Crippen LogP contribution in [0, 0.1) is 5.41 Å². The monoisotopic (exact) mass is 190 g/mol. The van der Waals surface area contributed by atoms with Gasteiger partial charge in [0, 0.05) is 13.0 Å². The third-order valence-corrected chi connectivity index (χ3v) is 1.78. The molecule has 14 heavy (non-hydrogen) atoms. The molecule has 0 heterocycles. The van der Waals surface area contributed by atoms with Crippen molar-refractivity contribution in [2.75, 3.05) is 0 Å². The largest absolute Gasteiger partial charge is 0.370 e. The minimum absolute atomic E-state index is 0.0460. The maximum atomic E-state index is 10.1. The van der Waals surface area contributed by atoms with Crippen LogP contribution in [0.1, 0.15) is 11.1 Å². The fraction of sp³-hybridized carbons (Fsp3) is 0.200. The molecule has 0 aliphatic carbocycles. The number of carbonyl (C=O) groups excluding carboxylic acids is 1. The Bertz CT molecular complexity index is 319. The highest BCUT2D eigenvalue weighted by molar-refractivity contribution is 5.74. The second kappa shape index (κ2) is 5.01. The maximum Gasteiger partial charge on any atom is 0.203 e. The Balaban J connectivity index is 2.54. The van der Waals surface area contributed by atoms with E-state index in [1.165, 1.54) is 0 Å². The highest BCUT2D eigenvalue weighted by Crippen LogP contribution is 2.03. The maximum absolute atomic E-state index is 10.1. The Morgan fingerprint density at radius 1 is 1.36 bits per heavy atom. The minimum atomic E-state index is -0.0460. The van der Waals surface area contributed by atoms with Gasteiger partial charge in [0.1, 0.15) is 0 Å². The number of guanidine groups is 1. The molecule has 4 heteroatoms. The molecule has 0 saturated carbocycles. The second-order valence-corrected chi connectivity index (χ2v) is 2.90. The van der Waals surface area contributed by atoms with E-state index in [1.54, 1.807) is 0 Å². The lowest BCUT2D eigenvalue weighted by Gasteiger charge is -2.04. The molecule has 0 unspecified atom stereocenters. The molecule has 1 aromatic carbocycles. The number of nitrogens with one attached hydrogen (secondary N) is 2. The van der Waals surface area contributed by atoms with E-state index in [9.17, 15) is 4.79 Å². The number of rotatable bonds is 4. The van der Waals surface area contributed by atoms with Crippen LogP contribution in [0.2, 0.25) is 0 Å². The van der Waals surface area contributed by atoms with Crippen LogP contribution >= 0.6 is 0 Å². The zero-order valence-electron chi connectivity index (χ0n) is 7.71. The Morgan fingerprint density at radius 2 is 1.93 bits per heavy atom. The Morgan fingerprint density at radius 3 is 2.43 bits per heavy atom. The molecule has 1 radical (unpaired) electrons. The summed E-state index contributed by atoms with van der Waals surface area (Å²) in [5.41, 5.74) is 7.10. The molecule has 0 aromatic heterocycles. The normalized spacial score (nSPS) is 9.43. The van der Waals surface area contributed by atoms with Crippen LogP contribution in [0.3, 0.4) is 0 Å². The summed E-state index contributed by atoms with van der Waals surface area (Å²) in [5.74, 6) is -0.0460. The van der Waals surface area contributed by atoms with Crippen molar-refractivity contribution in [1.29, 1.82) is 5.41 Å². The molecule has 1 rings (SSSR count). The van der Waals surface area contributed by atoms with E-state index in [2.05, 4.69) is 5.32 Å². The van der Waals surface area contributed by atoms with Gasteiger partial charge in [-0.25, -0.2) is 0 Å². The van der Waals surface area contributed by atoms with Gasteiger partial charge in [-0.2, -0.15) is 0 Å². The lowest BCUT2D eigenvalue weighted by molar-refractivity contribution is 0.555. The Hall–Kier alpha value is -1.84. The molecule has 4 N–H and O–H groups in total. The number of hydrogen-bond acceptors (Lipinski definition) is 2. The molecule has 0 atom stereocenters. The zero-order chi connectivity index (χ0) is 10.4. The number of hydrogen-bond donors (Lipinski definition) is 3. The third kappa shape index (κ3) is 3.26. The van der Waals surface area contributed by atoms with Gasteiger partial charge < -0.3 is 11.1 Å². The lowest BCUT2D eigenvalue weighted by Crippen LogP contribution is -2.29. The molecule has 1 aromatic rings. The topological polar surface area (TPSA) is 79.0 Å². The van der Waals surface area contributed by atoms with Crippen LogP contribution in [-0.2, 0) is 17.8 Å². The van der Waals surface area contributed by atoms with Gasteiger partial charge in [0.2, 0.25) is 6.29 Å². The van der Waals surface area contributed by atoms with Gasteiger partial charge >= 0.3 is 0 Å². The van der Waals surface area contributed by atoms with Crippen molar-refractivity contribution < 1.29 is 4.79 Å². The summed E-state index contributed by atoms with van der Waals surface area (Å²) in [6.45, 7) is 0.528. The molecule has 0 saturated heterocycles. The van der Waals surface area contributed by atoms with E-state index in [1.807, 2.05) is 30.6 Å². The molecule has 0 spiro atoms. The zero-order valence-corrected chi connectivity index (χ0v) is 7.71. The van der Waals surface area contributed by atoms with Gasteiger partial charge in [-0.1, -0.05) is 24.3 Å². The van der Waals surface area contributed by atoms with Gasteiger partial charge in [0.05, 0.1) is 0 Å². The van der Waals surface area contributed by atoms with Crippen LogP contribution in [-0.4, -0.2) is 12.2 Å². The van der Waals surface area contributed by atoms with E-state index >= 15 is 0 Å². The van der Waals surface area contributed by atoms with E-state index in [0.29, 0.717) is 13.0 Å². The first-order chi connectivity index (χ1) is 6.72. The van der Waals surface area contributed by atoms with Crippen molar-refractivity contribution in [1.82, 2.24) is 5.32 Å². The van der Waals surface area contributed by atoms with Crippen molar-refractivity contribution >= 4 is 12.2 Å². The molecule has 4 nitrogen and oxygen atoms in total. The van der Waals surface area contributed by atoms with Gasteiger partial charge in [0.25, 0.3) is 0 Å².